The van der Waals surface area contributed by atoms with Gasteiger partial charge in [0.25, 0.3) is 0 Å². The molecule has 1 atom stereocenters. The SMILES string of the molecule is CCCCCC(C)n1c(N)nc2cc(OC)ccc21. The maximum absolute atomic E-state index is 6.06. The Hall–Kier alpha value is -1.71. The normalized spacial score (nSPS) is 12.8. The highest BCUT2D eigenvalue weighted by atomic mass is 16.5. The molecule has 0 amide bonds. The Morgan fingerprint density at radius 1 is 1.37 bits per heavy atom. The van der Waals surface area contributed by atoms with Gasteiger partial charge in [-0.15, -0.1) is 0 Å². The van der Waals surface area contributed by atoms with E-state index in [4.69, 9.17) is 10.5 Å². The van der Waals surface area contributed by atoms with Crippen LogP contribution in [0.15, 0.2) is 18.2 Å². The molecule has 4 heteroatoms. The van der Waals surface area contributed by atoms with Crippen LogP contribution < -0.4 is 10.5 Å². The summed E-state index contributed by atoms with van der Waals surface area (Å²) < 4.78 is 7.35. The van der Waals surface area contributed by atoms with Crippen LogP contribution >= 0.6 is 0 Å². The molecule has 4 nitrogen and oxygen atoms in total. The summed E-state index contributed by atoms with van der Waals surface area (Å²) in [6.07, 6.45) is 4.87. The van der Waals surface area contributed by atoms with Crippen molar-refractivity contribution < 1.29 is 4.74 Å². The molecular formula is C15H23N3O. The molecule has 0 fully saturated rings. The number of methoxy groups -OCH3 is 1. The minimum Gasteiger partial charge on any atom is -0.497 e. The van der Waals surface area contributed by atoms with E-state index in [1.165, 1.54) is 19.3 Å². The summed E-state index contributed by atoms with van der Waals surface area (Å²) in [7, 11) is 1.66. The third kappa shape index (κ3) is 2.83. The van der Waals surface area contributed by atoms with E-state index in [-0.39, 0.29) is 0 Å². The molecule has 0 aliphatic rings. The Morgan fingerprint density at radius 3 is 2.84 bits per heavy atom. The Labute approximate surface area is 114 Å². The summed E-state index contributed by atoms with van der Waals surface area (Å²) in [5.74, 6) is 1.41. The molecule has 1 aromatic carbocycles. The second kappa shape index (κ2) is 5.95. The number of nitrogens with two attached hydrogens (primary N) is 1. The van der Waals surface area contributed by atoms with Crippen molar-refractivity contribution in [2.45, 2.75) is 45.6 Å². The average Bonchev–Trinajstić information content (AvgIpc) is 2.73. The first-order valence-corrected chi connectivity index (χ1v) is 6.98. The van der Waals surface area contributed by atoms with Crippen molar-refractivity contribution in [1.29, 1.82) is 0 Å². The van der Waals surface area contributed by atoms with Gasteiger partial charge in [-0.2, -0.15) is 0 Å². The van der Waals surface area contributed by atoms with Gasteiger partial charge >= 0.3 is 0 Å². The van der Waals surface area contributed by atoms with Gasteiger partial charge < -0.3 is 15.0 Å². The van der Waals surface area contributed by atoms with Crippen LogP contribution in [0.2, 0.25) is 0 Å². The van der Waals surface area contributed by atoms with Crippen LogP contribution in [0, 0.1) is 0 Å². The van der Waals surface area contributed by atoms with E-state index in [9.17, 15) is 0 Å². The van der Waals surface area contributed by atoms with Gasteiger partial charge in [-0.3, -0.25) is 0 Å². The summed E-state index contributed by atoms with van der Waals surface area (Å²) in [4.78, 5) is 4.43. The fraction of sp³-hybridized carbons (Fsp3) is 0.533. The molecule has 1 aromatic heterocycles. The minimum absolute atomic E-state index is 0.380. The summed E-state index contributed by atoms with van der Waals surface area (Å²) in [6, 6.07) is 6.30. The first kappa shape index (κ1) is 13.7. The van der Waals surface area contributed by atoms with Gasteiger partial charge in [0, 0.05) is 12.1 Å². The highest BCUT2D eigenvalue weighted by molar-refractivity contribution is 5.80. The van der Waals surface area contributed by atoms with E-state index in [0.717, 1.165) is 23.2 Å². The zero-order valence-electron chi connectivity index (χ0n) is 12.0. The molecule has 0 bridgehead atoms. The maximum atomic E-state index is 6.06. The van der Waals surface area contributed by atoms with Gasteiger partial charge in [-0.25, -0.2) is 4.98 Å². The number of hydrogen-bond acceptors (Lipinski definition) is 3. The number of anilines is 1. The number of hydrogen-bond donors (Lipinski definition) is 1. The molecule has 2 aromatic rings. The topological polar surface area (TPSA) is 53.1 Å². The summed E-state index contributed by atoms with van der Waals surface area (Å²) in [6.45, 7) is 4.43. The number of nitrogen functional groups attached to an aromatic ring is 1. The van der Waals surface area contributed by atoms with Crippen molar-refractivity contribution in [3.8, 4) is 5.75 Å². The lowest BCUT2D eigenvalue weighted by molar-refractivity contribution is 0.415. The number of rotatable bonds is 6. The van der Waals surface area contributed by atoms with E-state index in [0.29, 0.717) is 12.0 Å². The first-order valence-electron chi connectivity index (χ1n) is 6.98. The Balaban J connectivity index is 2.29. The minimum atomic E-state index is 0.380. The molecule has 1 unspecified atom stereocenters. The molecule has 0 saturated carbocycles. The molecule has 19 heavy (non-hydrogen) atoms. The van der Waals surface area contributed by atoms with Gasteiger partial charge in [0.2, 0.25) is 5.95 Å². The lowest BCUT2D eigenvalue weighted by Gasteiger charge is -2.15. The van der Waals surface area contributed by atoms with Gasteiger partial charge in [0.05, 0.1) is 18.1 Å². The smallest absolute Gasteiger partial charge is 0.201 e. The third-order valence-electron chi connectivity index (χ3n) is 3.59. The van der Waals surface area contributed by atoms with Crippen LogP contribution in [0.1, 0.15) is 45.6 Å². The largest absolute Gasteiger partial charge is 0.497 e. The van der Waals surface area contributed by atoms with Crippen molar-refractivity contribution in [3.05, 3.63) is 18.2 Å². The number of nitrogens with zero attached hydrogens (tertiary/aromatic N) is 2. The Bertz CT molecular complexity index is 548. The summed E-state index contributed by atoms with van der Waals surface area (Å²) in [5.41, 5.74) is 8.05. The molecule has 0 radical (unpaired) electrons. The number of aromatic nitrogens is 2. The Kier molecular flexibility index (Phi) is 4.30. The number of imidazole rings is 1. The molecule has 0 aliphatic carbocycles. The van der Waals surface area contributed by atoms with Crippen molar-refractivity contribution >= 4 is 17.0 Å². The molecule has 0 spiro atoms. The standard InChI is InChI=1S/C15H23N3O/c1-4-5-6-7-11(2)18-14-9-8-12(19-3)10-13(14)17-15(18)16/h8-11H,4-7H2,1-3H3,(H2,16,17). The fourth-order valence-electron chi connectivity index (χ4n) is 2.51. The average molecular weight is 261 g/mol. The van der Waals surface area contributed by atoms with Crippen LogP contribution in [0.4, 0.5) is 5.95 Å². The zero-order valence-corrected chi connectivity index (χ0v) is 12.0. The van der Waals surface area contributed by atoms with E-state index < -0.39 is 0 Å². The second-order valence-electron chi connectivity index (χ2n) is 5.04. The lowest BCUT2D eigenvalue weighted by Crippen LogP contribution is -2.08. The lowest BCUT2D eigenvalue weighted by atomic mass is 10.1. The quantitative estimate of drug-likeness (QED) is 0.805. The predicted octanol–water partition coefficient (Wildman–Crippen LogP) is 3.77. The molecule has 104 valence electrons. The molecule has 1 heterocycles. The van der Waals surface area contributed by atoms with E-state index in [2.05, 4.69) is 23.4 Å². The van der Waals surface area contributed by atoms with E-state index in [1.54, 1.807) is 7.11 Å². The van der Waals surface area contributed by atoms with Crippen LogP contribution in [-0.4, -0.2) is 16.7 Å². The summed E-state index contributed by atoms with van der Waals surface area (Å²) in [5, 5.41) is 0. The third-order valence-corrected chi connectivity index (χ3v) is 3.59. The predicted molar refractivity (Wildman–Crippen MR) is 79.6 cm³/mol. The monoisotopic (exact) mass is 261 g/mol. The van der Waals surface area contributed by atoms with Crippen molar-refractivity contribution in [2.24, 2.45) is 0 Å². The Morgan fingerprint density at radius 2 is 2.16 bits per heavy atom. The number of ether oxygens (including phenoxy) is 1. The molecule has 2 rings (SSSR count). The van der Waals surface area contributed by atoms with Crippen LogP contribution in [0.25, 0.3) is 11.0 Å². The van der Waals surface area contributed by atoms with Crippen molar-refractivity contribution in [3.63, 3.8) is 0 Å². The van der Waals surface area contributed by atoms with E-state index >= 15 is 0 Å². The number of benzene rings is 1. The van der Waals surface area contributed by atoms with Gasteiger partial charge in [0.15, 0.2) is 0 Å². The van der Waals surface area contributed by atoms with E-state index in [1.807, 2.05) is 18.2 Å². The summed E-state index contributed by atoms with van der Waals surface area (Å²) >= 11 is 0. The highest BCUT2D eigenvalue weighted by Gasteiger charge is 2.14. The van der Waals surface area contributed by atoms with Crippen LogP contribution in [0.3, 0.4) is 0 Å². The molecule has 0 saturated heterocycles. The second-order valence-corrected chi connectivity index (χ2v) is 5.04. The van der Waals surface area contributed by atoms with Gasteiger partial charge in [-0.05, 0) is 25.5 Å². The molecule has 0 aliphatic heterocycles. The van der Waals surface area contributed by atoms with Crippen molar-refractivity contribution in [2.75, 3.05) is 12.8 Å². The maximum Gasteiger partial charge on any atom is 0.201 e. The van der Waals surface area contributed by atoms with Crippen molar-refractivity contribution in [1.82, 2.24) is 9.55 Å². The number of unbranched alkanes of at least 4 members (excludes halogenated alkanes) is 2. The number of fused-ring (bicyclic) bond motifs is 1. The van der Waals surface area contributed by atoms with Crippen LogP contribution in [0.5, 0.6) is 5.75 Å². The zero-order chi connectivity index (χ0) is 13.8. The van der Waals surface area contributed by atoms with Crippen LogP contribution in [-0.2, 0) is 0 Å². The molecule has 2 N–H and O–H groups in total. The van der Waals surface area contributed by atoms with Gasteiger partial charge in [0.1, 0.15) is 5.75 Å². The highest BCUT2D eigenvalue weighted by Crippen LogP contribution is 2.28. The first-order chi connectivity index (χ1) is 9.17. The van der Waals surface area contributed by atoms with Gasteiger partial charge in [-0.1, -0.05) is 26.2 Å². The fourth-order valence-corrected chi connectivity index (χ4v) is 2.51. The molecular weight excluding hydrogens is 238 g/mol.